The Kier molecular flexibility index (Phi) is 9.05. The highest BCUT2D eigenvalue weighted by Gasteiger charge is 2.26. The number of benzene rings is 3. The minimum Gasteiger partial charge on any atom is -0.493 e. The number of nitrogens with zero attached hydrogens (tertiary/aromatic N) is 5. The lowest BCUT2D eigenvalue weighted by Crippen LogP contribution is -2.12. The molecule has 0 aliphatic heterocycles. The van der Waals surface area contributed by atoms with E-state index in [1.807, 2.05) is 43.5 Å². The molecule has 0 radical (unpaired) electrons. The topological polar surface area (TPSA) is 135 Å². The Hall–Kier alpha value is -3.97. The normalized spacial score (nSPS) is 11.7. The molecule has 0 spiro atoms. The number of methoxy groups -OCH3 is 1. The van der Waals surface area contributed by atoms with Crippen molar-refractivity contribution in [3.8, 4) is 17.2 Å². The van der Waals surface area contributed by atoms with E-state index in [2.05, 4.69) is 26.1 Å². The van der Waals surface area contributed by atoms with E-state index in [0.29, 0.717) is 38.1 Å². The van der Waals surface area contributed by atoms with Crippen LogP contribution in [0.15, 0.2) is 64.2 Å². The molecule has 0 bridgehead atoms. The summed E-state index contributed by atoms with van der Waals surface area (Å²) in [7, 11) is 1.47. The summed E-state index contributed by atoms with van der Waals surface area (Å²) in [6.45, 7) is 5.58. The van der Waals surface area contributed by atoms with Crippen LogP contribution in [-0.2, 0) is 6.61 Å². The number of nitro groups is 2. The number of thioether (sulfide) groups is 1. The monoisotopic (exact) mass is 627 g/mol. The van der Waals surface area contributed by atoms with Crippen LogP contribution in [0.2, 0.25) is 0 Å². The number of ether oxygens (including phenoxy) is 2. The van der Waals surface area contributed by atoms with Gasteiger partial charge in [-0.15, -0.1) is 10.2 Å². The number of hydrogen-bond acceptors (Lipinski definition) is 9. The van der Waals surface area contributed by atoms with Crippen molar-refractivity contribution in [3.63, 3.8) is 0 Å². The molecule has 0 N–H and O–H groups in total. The van der Waals surface area contributed by atoms with Crippen LogP contribution in [0, 0.1) is 41.0 Å². The predicted octanol–water partition coefficient (Wildman–Crippen LogP) is 6.56. The zero-order valence-corrected chi connectivity index (χ0v) is 24.6. The van der Waals surface area contributed by atoms with Gasteiger partial charge in [0.2, 0.25) is 6.54 Å². The highest BCUT2D eigenvalue weighted by Crippen LogP contribution is 2.43. The Morgan fingerprint density at radius 1 is 1.02 bits per heavy atom. The smallest absolute Gasteiger partial charge is 0.269 e. The van der Waals surface area contributed by atoms with Crippen molar-refractivity contribution in [2.45, 2.75) is 37.8 Å². The van der Waals surface area contributed by atoms with Crippen molar-refractivity contribution in [1.29, 1.82) is 0 Å². The summed E-state index contributed by atoms with van der Waals surface area (Å²) in [5.74, 6) is 1.39. The van der Waals surface area contributed by atoms with Crippen LogP contribution in [0.5, 0.6) is 11.5 Å². The van der Waals surface area contributed by atoms with Gasteiger partial charge in [-0.25, -0.2) is 0 Å². The van der Waals surface area contributed by atoms with E-state index >= 15 is 0 Å². The first kappa shape index (κ1) is 29.0. The molecule has 4 aromatic rings. The van der Waals surface area contributed by atoms with Gasteiger partial charge < -0.3 is 9.47 Å². The maximum absolute atomic E-state index is 11.7. The van der Waals surface area contributed by atoms with Gasteiger partial charge in [-0.3, -0.25) is 24.8 Å². The lowest BCUT2D eigenvalue weighted by Gasteiger charge is -2.18. The van der Waals surface area contributed by atoms with Crippen LogP contribution in [-0.4, -0.2) is 38.3 Å². The molecule has 0 amide bonds. The summed E-state index contributed by atoms with van der Waals surface area (Å²) in [6, 6.07) is 15.6. The number of rotatable bonds is 11. The number of hydrogen-bond donors (Lipinski definition) is 0. The van der Waals surface area contributed by atoms with Crippen molar-refractivity contribution in [2.75, 3.05) is 13.7 Å². The van der Waals surface area contributed by atoms with Gasteiger partial charge in [-0.05, 0) is 83.2 Å². The largest absolute Gasteiger partial charge is 0.493 e. The fourth-order valence-electron chi connectivity index (χ4n) is 4.04. The van der Waals surface area contributed by atoms with Crippen molar-refractivity contribution < 1.29 is 19.3 Å². The molecule has 208 valence electrons. The molecule has 3 aromatic carbocycles. The second-order valence-electron chi connectivity index (χ2n) is 9.01. The fourth-order valence-corrected chi connectivity index (χ4v) is 5.76. The van der Waals surface area contributed by atoms with E-state index in [4.69, 9.17) is 9.47 Å². The molecule has 0 fully saturated rings. The van der Waals surface area contributed by atoms with E-state index in [1.54, 1.807) is 24.3 Å². The Bertz CT molecular complexity index is 1580. The molecule has 13 heteroatoms. The molecule has 1 atom stereocenters. The molecule has 0 aliphatic rings. The van der Waals surface area contributed by atoms with Crippen molar-refractivity contribution in [1.82, 2.24) is 14.8 Å². The van der Waals surface area contributed by atoms with Crippen LogP contribution in [0.3, 0.4) is 0 Å². The molecular weight excluding hydrogens is 602 g/mol. The molecule has 0 aliphatic carbocycles. The predicted molar refractivity (Wildman–Crippen MR) is 154 cm³/mol. The molecule has 0 saturated carbocycles. The summed E-state index contributed by atoms with van der Waals surface area (Å²) >= 11 is 4.75. The van der Waals surface area contributed by atoms with Crippen molar-refractivity contribution >= 4 is 33.4 Å². The Balaban J connectivity index is 1.65. The van der Waals surface area contributed by atoms with Crippen molar-refractivity contribution in [3.05, 3.63) is 107 Å². The highest BCUT2D eigenvalue weighted by atomic mass is 79.9. The zero-order chi connectivity index (χ0) is 29.0. The molecule has 1 heterocycles. The Morgan fingerprint density at radius 3 is 2.48 bits per heavy atom. The van der Waals surface area contributed by atoms with Gasteiger partial charge in [-0.2, -0.15) is 0 Å². The summed E-state index contributed by atoms with van der Waals surface area (Å²) in [6.07, 6.45) is 0. The average molecular weight is 629 g/mol. The maximum Gasteiger partial charge on any atom is 0.269 e. The molecule has 4 rings (SSSR count). The van der Waals surface area contributed by atoms with Gasteiger partial charge in [0.05, 0.1) is 16.5 Å². The average Bonchev–Trinajstić information content (AvgIpc) is 3.28. The number of non-ortho nitro benzene ring substituents is 1. The zero-order valence-electron chi connectivity index (χ0n) is 22.2. The molecule has 40 heavy (non-hydrogen) atoms. The second kappa shape index (κ2) is 12.5. The second-order valence-corrected chi connectivity index (χ2v) is 11.0. The van der Waals surface area contributed by atoms with Gasteiger partial charge in [0.15, 0.2) is 16.7 Å². The van der Waals surface area contributed by atoms with Gasteiger partial charge in [0.25, 0.3) is 5.69 Å². The minimum absolute atomic E-state index is 0.0361. The Labute approximate surface area is 243 Å². The third-order valence-electron chi connectivity index (χ3n) is 6.23. The third-order valence-corrected chi connectivity index (χ3v) is 8.00. The first-order chi connectivity index (χ1) is 19.1. The minimum atomic E-state index is -0.625. The number of aromatic nitrogens is 3. The number of halogens is 1. The fraction of sp³-hybridized carbons (Fsp3) is 0.259. The van der Waals surface area contributed by atoms with Crippen molar-refractivity contribution in [2.24, 2.45) is 0 Å². The quantitative estimate of drug-likeness (QED) is 0.103. The Morgan fingerprint density at radius 2 is 1.80 bits per heavy atom. The molecule has 1 aromatic heterocycles. The summed E-state index contributed by atoms with van der Waals surface area (Å²) < 4.78 is 13.9. The van der Waals surface area contributed by atoms with Gasteiger partial charge in [0, 0.05) is 22.7 Å². The summed E-state index contributed by atoms with van der Waals surface area (Å²) in [4.78, 5) is 22.0. The van der Waals surface area contributed by atoms with Crippen LogP contribution in [0.4, 0.5) is 5.69 Å². The molecular formula is C27H26BrN5O6S. The lowest BCUT2D eigenvalue weighted by atomic mass is 10.1. The lowest BCUT2D eigenvalue weighted by molar-refractivity contribution is -0.479. The standard InChI is InChI=1S/C27H26BrN5O6S/c1-16-8-9-21(10-17(16)2)32-18(3)29-30-27(32)40-25(14-31(34)35)20-12-23(28)26(24(13-20)38-4)39-15-19-6-5-7-22(11-19)33(36)37/h5-13,25H,14-15H2,1-4H3/t25-/m0/s1. The third kappa shape index (κ3) is 6.59. The van der Waals surface area contributed by atoms with E-state index in [-0.39, 0.29) is 23.8 Å². The van der Waals surface area contributed by atoms with E-state index < -0.39 is 10.2 Å². The molecule has 11 nitrogen and oxygen atoms in total. The van der Waals surface area contributed by atoms with E-state index in [0.717, 1.165) is 16.8 Å². The molecule has 0 unspecified atom stereocenters. The summed E-state index contributed by atoms with van der Waals surface area (Å²) in [5.41, 5.74) is 4.33. The first-order valence-corrected chi connectivity index (χ1v) is 13.8. The maximum atomic E-state index is 11.7. The molecule has 0 saturated heterocycles. The van der Waals surface area contributed by atoms with Crippen LogP contribution < -0.4 is 9.47 Å². The number of nitro benzene ring substituents is 1. The van der Waals surface area contributed by atoms with Crippen LogP contribution >= 0.6 is 27.7 Å². The number of aryl methyl sites for hydroxylation is 3. The van der Waals surface area contributed by atoms with E-state index in [1.165, 1.54) is 31.0 Å². The summed E-state index contributed by atoms with van der Waals surface area (Å²) in [5, 5.41) is 31.2. The van der Waals surface area contributed by atoms with Crippen LogP contribution in [0.25, 0.3) is 5.69 Å². The van der Waals surface area contributed by atoms with Crippen LogP contribution in [0.1, 0.15) is 33.3 Å². The van der Waals surface area contributed by atoms with Gasteiger partial charge in [-0.1, -0.05) is 30.0 Å². The first-order valence-electron chi connectivity index (χ1n) is 12.1. The SMILES string of the molecule is COc1cc([C@H](C[N+](=O)[O-])Sc2nnc(C)n2-c2ccc(C)c(C)c2)cc(Br)c1OCc1cccc([N+](=O)[O-])c1. The highest BCUT2D eigenvalue weighted by molar-refractivity contribution is 9.10. The van der Waals surface area contributed by atoms with E-state index in [9.17, 15) is 20.2 Å². The van der Waals surface area contributed by atoms with Gasteiger partial charge in [0.1, 0.15) is 17.7 Å². The van der Waals surface area contributed by atoms with Gasteiger partial charge >= 0.3 is 0 Å².